The zero-order valence-corrected chi connectivity index (χ0v) is 13.0. The SMILES string of the molecule is COCCN(CCOC)Cc1cc(C#CCCO)cs1. The Balaban J connectivity index is 2.52. The molecule has 0 saturated heterocycles. The summed E-state index contributed by atoms with van der Waals surface area (Å²) in [6.07, 6.45) is 0.527. The number of hydrogen-bond acceptors (Lipinski definition) is 5. The summed E-state index contributed by atoms with van der Waals surface area (Å²) in [4.78, 5) is 3.59. The van der Waals surface area contributed by atoms with Crippen LogP contribution in [-0.2, 0) is 16.0 Å². The van der Waals surface area contributed by atoms with Gasteiger partial charge in [0.15, 0.2) is 0 Å². The molecule has 0 fully saturated rings. The Morgan fingerprint density at radius 2 is 1.95 bits per heavy atom. The molecule has 1 N–H and O–H groups in total. The van der Waals surface area contributed by atoms with E-state index in [-0.39, 0.29) is 6.61 Å². The van der Waals surface area contributed by atoms with E-state index in [9.17, 15) is 0 Å². The molecule has 0 amide bonds. The molecule has 0 aliphatic carbocycles. The van der Waals surface area contributed by atoms with Gasteiger partial charge in [-0.3, -0.25) is 4.90 Å². The van der Waals surface area contributed by atoms with Gasteiger partial charge >= 0.3 is 0 Å². The highest BCUT2D eigenvalue weighted by Gasteiger charge is 2.07. The number of thiophene rings is 1. The molecule has 0 radical (unpaired) electrons. The average molecular weight is 297 g/mol. The first-order chi connectivity index (χ1) is 9.80. The van der Waals surface area contributed by atoms with E-state index in [1.807, 2.05) is 0 Å². The quantitative estimate of drug-likeness (QED) is 0.703. The van der Waals surface area contributed by atoms with Gasteiger partial charge in [0.05, 0.1) is 19.8 Å². The summed E-state index contributed by atoms with van der Waals surface area (Å²) in [6.45, 7) is 4.23. The maximum atomic E-state index is 8.70. The van der Waals surface area contributed by atoms with Gasteiger partial charge in [-0.05, 0) is 6.07 Å². The third-order valence-corrected chi connectivity index (χ3v) is 3.65. The number of rotatable bonds is 9. The van der Waals surface area contributed by atoms with Crippen molar-refractivity contribution in [2.45, 2.75) is 13.0 Å². The third kappa shape index (κ3) is 7.04. The van der Waals surface area contributed by atoms with Gasteiger partial charge in [0.1, 0.15) is 0 Å². The lowest BCUT2D eigenvalue weighted by Gasteiger charge is -2.20. The van der Waals surface area contributed by atoms with Crippen LogP contribution in [0.25, 0.3) is 0 Å². The smallest absolute Gasteiger partial charge is 0.0589 e. The molecule has 112 valence electrons. The second-order valence-electron chi connectivity index (χ2n) is 4.34. The fraction of sp³-hybridized carbons (Fsp3) is 0.600. The van der Waals surface area contributed by atoms with Crippen LogP contribution in [0.1, 0.15) is 16.9 Å². The maximum absolute atomic E-state index is 8.70. The van der Waals surface area contributed by atoms with Crippen LogP contribution in [0.4, 0.5) is 0 Å². The van der Waals surface area contributed by atoms with Crippen molar-refractivity contribution < 1.29 is 14.6 Å². The van der Waals surface area contributed by atoms with Gasteiger partial charge in [-0.15, -0.1) is 11.3 Å². The zero-order valence-electron chi connectivity index (χ0n) is 12.2. The average Bonchev–Trinajstić information content (AvgIpc) is 2.89. The summed E-state index contributed by atoms with van der Waals surface area (Å²) >= 11 is 1.71. The molecule has 0 spiro atoms. The lowest BCUT2D eigenvalue weighted by atomic mass is 10.3. The van der Waals surface area contributed by atoms with Crippen molar-refractivity contribution in [2.75, 3.05) is 47.1 Å². The van der Waals surface area contributed by atoms with Crippen LogP contribution >= 0.6 is 11.3 Å². The summed E-state index contributed by atoms with van der Waals surface area (Å²) in [5, 5.41) is 10.8. The number of methoxy groups -OCH3 is 2. The van der Waals surface area contributed by atoms with Crippen LogP contribution in [0.15, 0.2) is 11.4 Å². The first kappa shape index (κ1) is 17.2. The van der Waals surface area contributed by atoms with Crippen molar-refractivity contribution in [1.82, 2.24) is 4.90 Å². The van der Waals surface area contributed by atoms with Crippen LogP contribution in [0.5, 0.6) is 0 Å². The van der Waals surface area contributed by atoms with E-state index in [0.717, 1.165) is 38.4 Å². The van der Waals surface area contributed by atoms with Crippen molar-refractivity contribution >= 4 is 11.3 Å². The van der Waals surface area contributed by atoms with E-state index in [2.05, 4.69) is 28.2 Å². The van der Waals surface area contributed by atoms with E-state index in [4.69, 9.17) is 14.6 Å². The minimum atomic E-state index is 0.117. The predicted molar refractivity (Wildman–Crippen MR) is 81.9 cm³/mol. The molecule has 1 aromatic rings. The summed E-state index contributed by atoms with van der Waals surface area (Å²) in [5.41, 5.74) is 1.02. The molecule has 0 aliphatic heterocycles. The Morgan fingerprint density at radius 3 is 2.55 bits per heavy atom. The Hall–Kier alpha value is -0.900. The summed E-state index contributed by atoms with van der Waals surface area (Å²) in [6, 6.07) is 2.11. The van der Waals surface area contributed by atoms with E-state index in [0.29, 0.717) is 6.42 Å². The fourth-order valence-corrected chi connectivity index (χ4v) is 2.54. The van der Waals surface area contributed by atoms with E-state index in [1.54, 1.807) is 25.6 Å². The Morgan fingerprint density at radius 1 is 1.25 bits per heavy atom. The Labute approximate surface area is 125 Å². The van der Waals surface area contributed by atoms with Gasteiger partial charge in [-0.2, -0.15) is 0 Å². The molecule has 5 heteroatoms. The number of hydrogen-bond donors (Lipinski definition) is 1. The number of aliphatic hydroxyl groups is 1. The highest BCUT2D eigenvalue weighted by molar-refractivity contribution is 7.10. The van der Waals surface area contributed by atoms with Crippen molar-refractivity contribution in [3.8, 4) is 11.8 Å². The molecule has 1 heterocycles. The number of ether oxygens (including phenoxy) is 2. The molecule has 4 nitrogen and oxygen atoms in total. The first-order valence-electron chi connectivity index (χ1n) is 6.67. The lowest BCUT2D eigenvalue weighted by Crippen LogP contribution is -2.29. The normalized spacial score (nSPS) is 10.6. The second-order valence-corrected chi connectivity index (χ2v) is 5.33. The molecule has 0 unspecified atom stereocenters. The molecule has 1 aromatic heterocycles. The minimum Gasteiger partial charge on any atom is -0.395 e. The molecule has 0 aromatic carbocycles. The summed E-state index contributed by atoms with van der Waals surface area (Å²) in [7, 11) is 3.43. The Kier molecular flexibility index (Phi) is 9.29. The molecule has 20 heavy (non-hydrogen) atoms. The van der Waals surface area contributed by atoms with Crippen LogP contribution in [0.3, 0.4) is 0 Å². The van der Waals surface area contributed by atoms with Crippen LogP contribution < -0.4 is 0 Å². The fourth-order valence-electron chi connectivity index (χ4n) is 1.68. The lowest BCUT2D eigenvalue weighted by molar-refractivity contribution is 0.111. The van der Waals surface area contributed by atoms with Gasteiger partial charge in [-0.1, -0.05) is 11.8 Å². The standard InChI is InChI=1S/C15H23NO3S/c1-18-9-6-16(7-10-19-2)12-15-11-14(13-20-15)5-3-4-8-17/h11,13,17H,4,6-10,12H2,1-2H3. The van der Waals surface area contributed by atoms with Gasteiger partial charge in [0.25, 0.3) is 0 Å². The van der Waals surface area contributed by atoms with Crippen molar-refractivity contribution in [1.29, 1.82) is 0 Å². The second kappa shape index (κ2) is 10.8. The maximum Gasteiger partial charge on any atom is 0.0589 e. The number of aliphatic hydroxyl groups excluding tert-OH is 1. The van der Waals surface area contributed by atoms with Gasteiger partial charge in [0.2, 0.25) is 0 Å². The molecule has 0 bridgehead atoms. The monoisotopic (exact) mass is 297 g/mol. The zero-order chi connectivity index (χ0) is 14.6. The summed E-state index contributed by atoms with van der Waals surface area (Å²) in [5.74, 6) is 6.00. The van der Waals surface area contributed by atoms with Crippen LogP contribution in [-0.4, -0.2) is 57.1 Å². The molecule has 1 rings (SSSR count). The van der Waals surface area contributed by atoms with E-state index >= 15 is 0 Å². The van der Waals surface area contributed by atoms with E-state index in [1.165, 1.54) is 4.88 Å². The number of nitrogens with zero attached hydrogens (tertiary/aromatic N) is 1. The highest BCUT2D eigenvalue weighted by Crippen LogP contribution is 2.16. The predicted octanol–water partition coefficient (Wildman–Crippen LogP) is 1.58. The van der Waals surface area contributed by atoms with Crippen LogP contribution in [0.2, 0.25) is 0 Å². The van der Waals surface area contributed by atoms with Gasteiger partial charge in [-0.25, -0.2) is 0 Å². The van der Waals surface area contributed by atoms with Gasteiger partial charge < -0.3 is 14.6 Å². The molecular formula is C15H23NO3S. The highest BCUT2D eigenvalue weighted by atomic mass is 32.1. The largest absolute Gasteiger partial charge is 0.395 e. The third-order valence-electron chi connectivity index (χ3n) is 2.73. The van der Waals surface area contributed by atoms with E-state index < -0.39 is 0 Å². The molecule has 0 atom stereocenters. The molecule has 0 aliphatic rings. The molecule has 0 saturated carbocycles. The van der Waals surface area contributed by atoms with Crippen LogP contribution in [0, 0.1) is 11.8 Å². The van der Waals surface area contributed by atoms with Crippen molar-refractivity contribution in [3.05, 3.63) is 21.9 Å². The van der Waals surface area contributed by atoms with Crippen molar-refractivity contribution in [2.24, 2.45) is 0 Å². The molecular weight excluding hydrogens is 274 g/mol. The Bertz CT molecular complexity index is 414. The summed E-state index contributed by atoms with van der Waals surface area (Å²) < 4.78 is 10.3. The minimum absolute atomic E-state index is 0.117. The van der Waals surface area contributed by atoms with Gasteiger partial charge in [0, 0.05) is 56.1 Å². The first-order valence-corrected chi connectivity index (χ1v) is 7.55. The topological polar surface area (TPSA) is 41.9 Å². The van der Waals surface area contributed by atoms with Crippen molar-refractivity contribution in [3.63, 3.8) is 0 Å².